The molecule has 3 aromatic rings. The predicted octanol–water partition coefficient (Wildman–Crippen LogP) is 4.71. The van der Waals surface area contributed by atoms with Gasteiger partial charge in [0.05, 0.1) is 15.4 Å². The number of nitrogens with one attached hydrogen (secondary N) is 1. The maximum Gasteiger partial charge on any atom is 0.339 e. The van der Waals surface area contributed by atoms with Crippen molar-refractivity contribution in [2.24, 2.45) is 0 Å². The Balaban J connectivity index is 1.74. The van der Waals surface area contributed by atoms with E-state index in [0.29, 0.717) is 23.4 Å². The van der Waals surface area contributed by atoms with Gasteiger partial charge in [-0.1, -0.05) is 6.07 Å². The van der Waals surface area contributed by atoms with Gasteiger partial charge in [-0.3, -0.25) is 0 Å². The summed E-state index contributed by atoms with van der Waals surface area (Å²) in [5, 5.41) is 4.13. The van der Waals surface area contributed by atoms with Crippen molar-refractivity contribution in [3.05, 3.63) is 59.1 Å². The summed E-state index contributed by atoms with van der Waals surface area (Å²) in [6.07, 6.45) is 2.62. The van der Waals surface area contributed by atoms with Crippen molar-refractivity contribution < 1.29 is 26.8 Å². The minimum absolute atomic E-state index is 0.0527. The minimum atomic E-state index is -4.09. The Morgan fingerprint density at radius 3 is 2.66 bits per heavy atom. The fourth-order valence-corrected chi connectivity index (χ4v) is 5.98. The van der Waals surface area contributed by atoms with Crippen molar-refractivity contribution >= 4 is 26.8 Å². The number of halogens is 1. The van der Waals surface area contributed by atoms with Crippen molar-refractivity contribution in [1.29, 1.82) is 0 Å². The lowest BCUT2D eigenvalue weighted by atomic mass is 9.96. The molecule has 1 aromatic heterocycles. The van der Waals surface area contributed by atoms with E-state index < -0.39 is 27.2 Å². The predicted molar refractivity (Wildman–Crippen MR) is 116 cm³/mol. The first kappa shape index (κ1) is 21.2. The molecule has 1 fully saturated rings. The summed E-state index contributed by atoms with van der Waals surface area (Å²) < 4.78 is 52.0. The summed E-state index contributed by atoms with van der Waals surface area (Å²) in [4.78, 5) is 12.9. The zero-order chi connectivity index (χ0) is 22.8. The Hall–Kier alpha value is -2.71. The molecule has 2 atom stereocenters. The van der Waals surface area contributed by atoms with Crippen LogP contribution in [0.15, 0.2) is 50.6 Å². The molecule has 0 amide bonds. The molecule has 5 rings (SSSR count). The summed E-state index contributed by atoms with van der Waals surface area (Å²) in [5.74, 6) is -0.506. The minimum Gasteiger partial charge on any atom is -0.461 e. The highest BCUT2D eigenvalue weighted by atomic mass is 32.2. The van der Waals surface area contributed by atoms with E-state index in [9.17, 15) is 17.6 Å². The molecule has 168 valence electrons. The molecule has 0 radical (unpaired) electrons. The van der Waals surface area contributed by atoms with Crippen molar-refractivity contribution in [2.45, 2.75) is 67.5 Å². The van der Waals surface area contributed by atoms with Gasteiger partial charge in [-0.2, -0.15) is 0 Å². The lowest BCUT2D eigenvalue weighted by molar-refractivity contribution is 0.00714. The summed E-state index contributed by atoms with van der Waals surface area (Å²) >= 11 is 0. The lowest BCUT2D eigenvalue weighted by Gasteiger charge is -2.22. The van der Waals surface area contributed by atoms with Crippen molar-refractivity contribution in [2.75, 3.05) is 0 Å². The van der Waals surface area contributed by atoms with E-state index in [2.05, 4.69) is 5.32 Å². The van der Waals surface area contributed by atoms with Crippen LogP contribution in [0.1, 0.15) is 61.3 Å². The van der Waals surface area contributed by atoms with Gasteiger partial charge in [0, 0.05) is 35.5 Å². The number of ether oxygens (including phenoxy) is 1. The average molecular weight is 458 g/mol. The Labute approximate surface area is 185 Å². The molecule has 6 nitrogen and oxygen atoms in total. The van der Waals surface area contributed by atoms with Gasteiger partial charge in [0.1, 0.15) is 22.8 Å². The summed E-state index contributed by atoms with van der Waals surface area (Å²) in [5.41, 5.74) is 0.609. The van der Waals surface area contributed by atoms with Crippen LogP contribution in [0.3, 0.4) is 0 Å². The number of hydrogen-bond acceptors (Lipinski definition) is 6. The fourth-order valence-electron chi connectivity index (χ4n) is 4.65. The number of furan rings is 1. The van der Waals surface area contributed by atoms with Gasteiger partial charge in [0.25, 0.3) is 0 Å². The number of sulfone groups is 1. The third-order valence-electron chi connectivity index (χ3n) is 5.94. The third-order valence-corrected chi connectivity index (χ3v) is 7.67. The van der Waals surface area contributed by atoms with Gasteiger partial charge in [-0.25, -0.2) is 17.6 Å². The Morgan fingerprint density at radius 2 is 1.94 bits per heavy atom. The zero-order valence-electron chi connectivity index (χ0n) is 18.1. The normalized spacial score (nSPS) is 20.4. The summed E-state index contributed by atoms with van der Waals surface area (Å²) in [6, 6.07) is 7.92. The quantitative estimate of drug-likeness (QED) is 0.574. The molecule has 0 saturated carbocycles. The van der Waals surface area contributed by atoms with Crippen LogP contribution in [0, 0.1) is 5.82 Å². The molecule has 0 aliphatic carbocycles. The van der Waals surface area contributed by atoms with Gasteiger partial charge >= 0.3 is 5.97 Å². The second kappa shape index (κ2) is 7.15. The van der Waals surface area contributed by atoms with Crippen molar-refractivity contribution in [3.8, 4) is 0 Å². The number of esters is 1. The first-order valence-electron chi connectivity index (χ1n) is 10.6. The van der Waals surface area contributed by atoms with E-state index in [0.717, 1.165) is 30.2 Å². The highest BCUT2D eigenvalue weighted by molar-refractivity contribution is 7.91. The molecule has 8 heteroatoms. The number of fused-ring (bicyclic) bond motifs is 6. The largest absolute Gasteiger partial charge is 0.461 e. The molecule has 1 saturated heterocycles. The van der Waals surface area contributed by atoms with Gasteiger partial charge < -0.3 is 14.5 Å². The third kappa shape index (κ3) is 3.51. The smallest absolute Gasteiger partial charge is 0.339 e. The molecular formula is C24H24FNO5S. The molecule has 2 aromatic carbocycles. The number of carbonyl (C=O) groups is 1. The number of carbonyl (C=O) groups excluding carboxylic acids is 1. The topological polar surface area (TPSA) is 85.6 Å². The monoisotopic (exact) mass is 457 g/mol. The van der Waals surface area contributed by atoms with E-state index in [4.69, 9.17) is 9.15 Å². The number of rotatable bonds is 3. The van der Waals surface area contributed by atoms with Crippen LogP contribution in [0.25, 0.3) is 11.0 Å². The van der Waals surface area contributed by atoms with E-state index in [1.54, 1.807) is 20.8 Å². The Bertz CT molecular complexity index is 1350. The van der Waals surface area contributed by atoms with Gasteiger partial charge in [0.2, 0.25) is 9.84 Å². The van der Waals surface area contributed by atoms with Crippen LogP contribution < -0.4 is 5.32 Å². The molecule has 32 heavy (non-hydrogen) atoms. The maximum atomic E-state index is 13.7. The highest BCUT2D eigenvalue weighted by Gasteiger charge is 2.38. The van der Waals surface area contributed by atoms with Crippen LogP contribution >= 0.6 is 0 Å². The molecule has 2 aliphatic heterocycles. The van der Waals surface area contributed by atoms with Crippen LogP contribution in [0.4, 0.5) is 4.39 Å². The molecule has 3 heterocycles. The average Bonchev–Trinajstić information content (AvgIpc) is 3.27. The first-order chi connectivity index (χ1) is 15.0. The SMILES string of the molecule is CC(C)(C)OC(=O)c1cc(S(=O)(=O)c2cccc(F)c2)cc2oc3c(c12)C1CCC(C3)N1. The zero-order valence-corrected chi connectivity index (χ0v) is 18.9. The standard InChI is InChI=1S/C24H24FNO5S/c1-24(2,3)31-23(27)17-11-16(32(28,29)15-6-4-5-13(25)9-15)12-20-21(17)22-18-8-7-14(26-18)10-19(22)30-20/h4-6,9,11-12,14,18,26H,7-8,10H2,1-3H3. The second-order valence-corrected chi connectivity index (χ2v) is 11.4. The number of hydrogen-bond donors (Lipinski definition) is 1. The van der Waals surface area contributed by atoms with Crippen LogP contribution in [-0.2, 0) is 21.0 Å². The molecule has 2 aliphatic rings. The molecule has 1 N–H and O–H groups in total. The maximum absolute atomic E-state index is 13.7. The fraction of sp³-hybridized carbons (Fsp3) is 0.375. The Morgan fingerprint density at radius 1 is 1.16 bits per heavy atom. The van der Waals surface area contributed by atoms with E-state index in [1.165, 1.54) is 30.3 Å². The van der Waals surface area contributed by atoms with Crippen LogP contribution in [0.2, 0.25) is 0 Å². The highest BCUT2D eigenvalue weighted by Crippen LogP contribution is 2.44. The first-order valence-corrected chi connectivity index (χ1v) is 12.1. The van der Waals surface area contributed by atoms with Crippen LogP contribution in [0.5, 0.6) is 0 Å². The summed E-state index contributed by atoms with van der Waals surface area (Å²) in [7, 11) is -4.09. The van der Waals surface area contributed by atoms with E-state index in [1.807, 2.05) is 0 Å². The van der Waals surface area contributed by atoms with Crippen LogP contribution in [-0.4, -0.2) is 26.0 Å². The van der Waals surface area contributed by atoms with E-state index in [-0.39, 0.29) is 21.4 Å². The second-order valence-electron chi connectivity index (χ2n) is 9.44. The summed E-state index contributed by atoms with van der Waals surface area (Å²) in [6.45, 7) is 5.26. The van der Waals surface area contributed by atoms with Crippen molar-refractivity contribution in [3.63, 3.8) is 0 Å². The van der Waals surface area contributed by atoms with Gasteiger partial charge in [0.15, 0.2) is 0 Å². The molecule has 2 bridgehead atoms. The lowest BCUT2D eigenvalue weighted by Crippen LogP contribution is -2.31. The molecule has 2 unspecified atom stereocenters. The van der Waals surface area contributed by atoms with Gasteiger partial charge in [-0.05, 0) is 57.9 Å². The molecule has 0 spiro atoms. The Kier molecular flexibility index (Phi) is 4.73. The van der Waals surface area contributed by atoms with Crippen molar-refractivity contribution in [1.82, 2.24) is 5.32 Å². The van der Waals surface area contributed by atoms with E-state index >= 15 is 0 Å². The molecular weight excluding hydrogens is 433 g/mol. The van der Waals surface area contributed by atoms with Gasteiger partial charge in [-0.15, -0.1) is 0 Å². The number of benzene rings is 2.